The first-order valence-electron chi connectivity index (χ1n) is 8.51. The Balaban J connectivity index is 1.91. The van der Waals surface area contributed by atoms with Gasteiger partial charge in [0.2, 0.25) is 11.8 Å². The minimum atomic E-state index is -0.327. The van der Waals surface area contributed by atoms with E-state index in [2.05, 4.69) is 21.8 Å². The fraction of sp³-hybridized carbons (Fsp3) is 0.211. The highest BCUT2D eigenvalue weighted by molar-refractivity contribution is 5.87. The summed E-state index contributed by atoms with van der Waals surface area (Å²) < 4.78 is 10.2. The van der Waals surface area contributed by atoms with Gasteiger partial charge < -0.3 is 24.9 Å². The van der Waals surface area contributed by atoms with E-state index in [-0.39, 0.29) is 11.8 Å². The van der Waals surface area contributed by atoms with Crippen LogP contribution in [0.15, 0.2) is 60.5 Å². The smallest absolute Gasteiger partial charge is 0.249 e. The minimum absolute atomic E-state index is 0.195. The number of carbonyl (C=O) groups excluding carboxylic acids is 1. The molecule has 0 saturated heterocycles. The fourth-order valence-electron chi connectivity index (χ4n) is 2.24. The van der Waals surface area contributed by atoms with Crippen molar-refractivity contribution in [3.8, 4) is 11.5 Å². The predicted molar refractivity (Wildman–Crippen MR) is 104 cm³/mol. The summed E-state index contributed by atoms with van der Waals surface area (Å²) in [6.07, 6.45) is 1.29. The molecule has 0 heterocycles. The second kappa shape index (κ2) is 11.4. The second-order valence-electron chi connectivity index (χ2n) is 5.62. The lowest BCUT2D eigenvalue weighted by molar-refractivity contribution is -0.117. The summed E-state index contributed by atoms with van der Waals surface area (Å²) in [6.45, 7) is 0.807. The van der Waals surface area contributed by atoms with Gasteiger partial charge in [-0.25, -0.2) is 0 Å². The number of hydrogen-bond acceptors (Lipinski definition) is 8. The number of hydrazine groups is 2. The summed E-state index contributed by atoms with van der Waals surface area (Å²) in [5.74, 6) is 6.53. The lowest BCUT2D eigenvalue weighted by Gasteiger charge is -2.12. The van der Waals surface area contributed by atoms with Crippen LogP contribution >= 0.6 is 0 Å². The normalized spacial score (nSPS) is 10.9. The standard InChI is InChI=1S/C19H25N5O4/c1-26-16-7-3-14(4-8-16)12-21-18(25)11-19(28-24-23-20)22-13-15-5-9-17(27-2)10-6-15/h3-11,22-24H,12-13,20H2,1-2H3,(H,21,25)/b19-11+. The van der Waals surface area contributed by atoms with Crippen LogP contribution in [-0.2, 0) is 22.7 Å². The number of benzene rings is 2. The van der Waals surface area contributed by atoms with Gasteiger partial charge in [-0.05, 0) is 35.4 Å². The van der Waals surface area contributed by atoms with Gasteiger partial charge in [0.05, 0.1) is 20.3 Å². The molecule has 0 aliphatic heterocycles. The van der Waals surface area contributed by atoms with Gasteiger partial charge in [-0.15, -0.1) is 0 Å². The maximum absolute atomic E-state index is 12.2. The Morgan fingerprint density at radius 3 is 1.86 bits per heavy atom. The van der Waals surface area contributed by atoms with Crippen molar-refractivity contribution in [2.75, 3.05) is 14.2 Å². The van der Waals surface area contributed by atoms with Crippen molar-refractivity contribution in [2.45, 2.75) is 13.1 Å². The molecular formula is C19H25N5O4. The molecule has 0 radical (unpaired) electrons. The number of hydrogen-bond donors (Lipinski definition) is 5. The number of carbonyl (C=O) groups is 1. The molecule has 0 aliphatic rings. The molecule has 9 heteroatoms. The van der Waals surface area contributed by atoms with Crippen molar-refractivity contribution in [3.63, 3.8) is 0 Å². The second-order valence-corrected chi connectivity index (χ2v) is 5.62. The van der Waals surface area contributed by atoms with Crippen molar-refractivity contribution < 1.29 is 19.1 Å². The summed E-state index contributed by atoms with van der Waals surface area (Å²) in [5.41, 5.74) is 6.34. The topological polar surface area (TPSA) is 119 Å². The fourth-order valence-corrected chi connectivity index (χ4v) is 2.24. The zero-order valence-electron chi connectivity index (χ0n) is 15.8. The lowest BCUT2D eigenvalue weighted by Crippen LogP contribution is -2.39. The third-order valence-electron chi connectivity index (χ3n) is 3.73. The Kier molecular flexibility index (Phi) is 8.60. The molecule has 0 fully saturated rings. The lowest BCUT2D eigenvalue weighted by atomic mass is 10.2. The summed E-state index contributed by atoms with van der Waals surface area (Å²) in [4.78, 5) is 17.4. The summed E-state index contributed by atoms with van der Waals surface area (Å²) in [6, 6.07) is 14.9. The number of nitrogens with two attached hydrogens (primary N) is 1. The molecule has 0 unspecified atom stereocenters. The van der Waals surface area contributed by atoms with Gasteiger partial charge in [-0.2, -0.15) is 5.53 Å². The van der Waals surface area contributed by atoms with Crippen LogP contribution in [0.4, 0.5) is 0 Å². The molecular weight excluding hydrogens is 362 g/mol. The zero-order chi connectivity index (χ0) is 20.2. The van der Waals surface area contributed by atoms with Crippen LogP contribution in [0.3, 0.4) is 0 Å². The van der Waals surface area contributed by atoms with Crippen molar-refractivity contribution in [3.05, 3.63) is 71.6 Å². The van der Waals surface area contributed by atoms with Gasteiger partial charge in [-0.1, -0.05) is 29.9 Å². The number of amides is 1. The number of ether oxygens (including phenoxy) is 2. The highest BCUT2D eigenvalue weighted by atomic mass is 16.7. The van der Waals surface area contributed by atoms with E-state index in [1.54, 1.807) is 14.2 Å². The SMILES string of the molecule is COc1ccc(CNC(=O)/C=C(\NCc2ccc(OC)cc2)ONNN)cc1. The third-order valence-corrected chi connectivity index (χ3v) is 3.73. The average molecular weight is 387 g/mol. The number of nitrogens with one attached hydrogen (secondary N) is 4. The van der Waals surface area contributed by atoms with Crippen LogP contribution in [-0.4, -0.2) is 20.1 Å². The Morgan fingerprint density at radius 2 is 1.39 bits per heavy atom. The Morgan fingerprint density at radius 1 is 0.893 bits per heavy atom. The number of rotatable bonds is 11. The molecule has 2 aromatic rings. The summed E-state index contributed by atoms with van der Waals surface area (Å²) in [5, 5.41) is 5.80. The van der Waals surface area contributed by atoms with E-state index in [1.165, 1.54) is 6.08 Å². The Labute approximate surface area is 163 Å². The van der Waals surface area contributed by atoms with Crippen LogP contribution < -0.4 is 37.1 Å². The van der Waals surface area contributed by atoms with E-state index in [4.69, 9.17) is 20.2 Å². The van der Waals surface area contributed by atoms with Gasteiger partial charge in [0.1, 0.15) is 11.5 Å². The minimum Gasteiger partial charge on any atom is -0.497 e. The summed E-state index contributed by atoms with van der Waals surface area (Å²) >= 11 is 0. The van der Waals surface area contributed by atoms with Gasteiger partial charge in [0.25, 0.3) is 0 Å². The van der Waals surface area contributed by atoms with E-state index in [1.807, 2.05) is 48.5 Å². The molecule has 1 amide bonds. The quantitative estimate of drug-likeness (QED) is 0.167. The van der Waals surface area contributed by atoms with Gasteiger partial charge in [0.15, 0.2) is 0 Å². The first-order chi connectivity index (χ1) is 13.6. The maximum Gasteiger partial charge on any atom is 0.249 e. The largest absolute Gasteiger partial charge is 0.497 e. The van der Waals surface area contributed by atoms with Crippen molar-refractivity contribution in [2.24, 2.45) is 5.84 Å². The van der Waals surface area contributed by atoms with Crippen molar-refractivity contribution >= 4 is 5.91 Å². The zero-order valence-corrected chi connectivity index (χ0v) is 15.8. The molecule has 2 rings (SSSR count). The van der Waals surface area contributed by atoms with E-state index >= 15 is 0 Å². The van der Waals surface area contributed by atoms with Crippen LogP contribution in [0.25, 0.3) is 0 Å². The van der Waals surface area contributed by atoms with Gasteiger partial charge in [-0.3, -0.25) is 10.6 Å². The Bertz CT molecular complexity index is 763. The van der Waals surface area contributed by atoms with Crippen molar-refractivity contribution in [1.29, 1.82) is 0 Å². The molecule has 0 aliphatic carbocycles. The van der Waals surface area contributed by atoms with E-state index in [0.717, 1.165) is 22.6 Å². The Hall–Kier alpha value is -3.27. The molecule has 0 bridgehead atoms. The molecule has 0 saturated carbocycles. The monoisotopic (exact) mass is 387 g/mol. The van der Waals surface area contributed by atoms with E-state index in [0.29, 0.717) is 13.1 Å². The highest BCUT2D eigenvalue weighted by Gasteiger charge is 2.05. The van der Waals surface area contributed by atoms with Crippen LogP contribution in [0, 0.1) is 0 Å². The van der Waals surface area contributed by atoms with Crippen LogP contribution in [0.2, 0.25) is 0 Å². The first-order valence-corrected chi connectivity index (χ1v) is 8.51. The molecule has 6 N–H and O–H groups in total. The van der Waals surface area contributed by atoms with Crippen LogP contribution in [0.5, 0.6) is 11.5 Å². The molecule has 2 aromatic carbocycles. The first kappa shape index (κ1) is 21.0. The van der Waals surface area contributed by atoms with Gasteiger partial charge >= 0.3 is 0 Å². The average Bonchev–Trinajstić information content (AvgIpc) is 2.74. The molecule has 150 valence electrons. The number of methoxy groups -OCH3 is 2. The van der Waals surface area contributed by atoms with E-state index < -0.39 is 0 Å². The molecule has 0 atom stereocenters. The maximum atomic E-state index is 12.2. The van der Waals surface area contributed by atoms with Crippen LogP contribution in [0.1, 0.15) is 11.1 Å². The molecule has 9 nitrogen and oxygen atoms in total. The molecule has 0 spiro atoms. The summed E-state index contributed by atoms with van der Waals surface area (Å²) in [7, 11) is 3.21. The molecule has 0 aromatic heterocycles. The molecule has 28 heavy (non-hydrogen) atoms. The van der Waals surface area contributed by atoms with Crippen molar-refractivity contribution in [1.82, 2.24) is 21.8 Å². The highest BCUT2D eigenvalue weighted by Crippen LogP contribution is 2.12. The van der Waals surface area contributed by atoms with E-state index in [9.17, 15) is 4.79 Å². The van der Waals surface area contributed by atoms with Gasteiger partial charge in [0, 0.05) is 13.1 Å². The third kappa shape index (κ3) is 7.16. The predicted octanol–water partition coefficient (Wildman–Crippen LogP) is 0.851.